The van der Waals surface area contributed by atoms with Gasteiger partial charge in [0, 0.05) is 17.4 Å². The van der Waals surface area contributed by atoms with Crippen molar-refractivity contribution in [2.75, 3.05) is 13.0 Å². The van der Waals surface area contributed by atoms with Gasteiger partial charge in [-0.2, -0.15) is 0 Å². The molecule has 0 radical (unpaired) electrons. The van der Waals surface area contributed by atoms with Gasteiger partial charge in [-0.3, -0.25) is 4.79 Å². The van der Waals surface area contributed by atoms with E-state index >= 15 is 0 Å². The molecule has 0 amide bonds. The molecule has 100 valence electrons. The first kappa shape index (κ1) is 14.8. The molecule has 0 spiro atoms. The minimum atomic E-state index is -0.497. The molecule has 0 saturated heterocycles. The summed E-state index contributed by atoms with van der Waals surface area (Å²) < 4.78 is 6.70. The second kappa shape index (κ2) is 5.57. The number of aromatic nitrogens is 1. The molecule has 0 aliphatic heterocycles. The van der Waals surface area contributed by atoms with Crippen LogP contribution < -0.4 is 0 Å². The maximum Gasteiger partial charge on any atom is 0.340 e. The summed E-state index contributed by atoms with van der Waals surface area (Å²) in [4.78, 5) is 23.7. The Kier molecular flexibility index (Phi) is 4.57. The van der Waals surface area contributed by atoms with Crippen molar-refractivity contribution in [3.63, 3.8) is 0 Å². The second-order valence-electron chi connectivity index (χ2n) is 4.43. The standard InChI is InChI=1S/C13H18ClNO3/c1-7(2)15-8(3)11(10(16)6-14)12(9(15)4)13(17)18-5/h7H,6H2,1-5H3. The molecule has 18 heavy (non-hydrogen) atoms. The molecule has 5 heteroatoms. The van der Waals surface area contributed by atoms with Crippen LogP contribution in [-0.2, 0) is 4.74 Å². The number of esters is 1. The predicted octanol–water partition coefficient (Wildman–Crippen LogP) is 2.89. The minimum absolute atomic E-state index is 0.146. The normalized spacial score (nSPS) is 10.8. The smallest absolute Gasteiger partial charge is 0.340 e. The molecule has 1 aromatic rings. The molecule has 0 bridgehead atoms. The lowest BCUT2D eigenvalue weighted by atomic mass is 10.1. The van der Waals surface area contributed by atoms with E-state index in [1.165, 1.54) is 7.11 Å². The van der Waals surface area contributed by atoms with E-state index in [9.17, 15) is 9.59 Å². The van der Waals surface area contributed by atoms with Crippen molar-refractivity contribution in [3.05, 3.63) is 22.5 Å². The first-order valence-electron chi connectivity index (χ1n) is 5.75. The Hall–Kier alpha value is -1.29. The third-order valence-electron chi connectivity index (χ3n) is 3.00. The Bertz CT molecular complexity index is 449. The number of halogens is 1. The molecule has 0 aromatic carbocycles. The number of ether oxygens (including phenoxy) is 1. The summed E-state index contributed by atoms with van der Waals surface area (Å²) in [6.07, 6.45) is 0. The van der Waals surface area contributed by atoms with Crippen LogP contribution >= 0.6 is 11.6 Å². The first-order chi connectivity index (χ1) is 8.36. The average Bonchev–Trinajstić information content (AvgIpc) is 2.58. The summed E-state index contributed by atoms with van der Waals surface area (Å²) in [6.45, 7) is 7.62. The number of hydrogen-bond acceptors (Lipinski definition) is 3. The Morgan fingerprint density at radius 3 is 2.11 bits per heavy atom. The fourth-order valence-corrected chi connectivity index (χ4v) is 2.52. The van der Waals surface area contributed by atoms with Crippen LogP contribution in [0.3, 0.4) is 0 Å². The molecule has 0 atom stereocenters. The quantitative estimate of drug-likeness (QED) is 0.481. The lowest BCUT2D eigenvalue weighted by molar-refractivity contribution is 0.0596. The molecule has 4 nitrogen and oxygen atoms in total. The van der Waals surface area contributed by atoms with Crippen LogP contribution in [-0.4, -0.2) is 29.3 Å². The summed E-state index contributed by atoms with van der Waals surface area (Å²) in [5.41, 5.74) is 2.20. The number of Topliss-reactive ketones (excluding diaryl/α,β-unsaturated/α-hetero) is 1. The van der Waals surface area contributed by atoms with Crippen molar-refractivity contribution in [1.29, 1.82) is 0 Å². The van der Waals surface area contributed by atoms with Gasteiger partial charge in [0.2, 0.25) is 0 Å². The van der Waals surface area contributed by atoms with Crippen molar-refractivity contribution in [3.8, 4) is 0 Å². The van der Waals surface area contributed by atoms with E-state index in [2.05, 4.69) is 0 Å². The number of carbonyl (C=O) groups is 2. The number of ketones is 1. The molecule has 0 aliphatic carbocycles. The molecule has 0 aliphatic rings. The van der Waals surface area contributed by atoms with Crippen LogP contribution in [0.25, 0.3) is 0 Å². The van der Waals surface area contributed by atoms with Crippen LogP contribution in [0.15, 0.2) is 0 Å². The van der Waals surface area contributed by atoms with E-state index in [0.717, 1.165) is 11.4 Å². The summed E-state index contributed by atoms with van der Waals surface area (Å²) >= 11 is 5.61. The average molecular weight is 272 g/mol. The van der Waals surface area contributed by atoms with E-state index in [-0.39, 0.29) is 17.7 Å². The molecule has 0 fully saturated rings. The highest BCUT2D eigenvalue weighted by molar-refractivity contribution is 6.31. The van der Waals surface area contributed by atoms with Crippen LogP contribution in [0.5, 0.6) is 0 Å². The number of nitrogens with zero attached hydrogens (tertiary/aromatic N) is 1. The van der Waals surface area contributed by atoms with Gasteiger partial charge in [0.25, 0.3) is 0 Å². The van der Waals surface area contributed by atoms with Gasteiger partial charge in [-0.05, 0) is 27.7 Å². The highest BCUT2D eigenvalue weighted by Crippen LogP contribution is 2.27. The van der Waals surface area contributed by atoms with Crippen molar-refractivity contribution in [2.24, 2.45) is 0 Å². The SMILES string of the molecule is COC(=O)c1c(C(=O)CCl)c(C)n(C(C)C)c1C. The zero-order valence-electron chi connectivity index (χ0n) is 11.3. The van der Waals surface area contributed by atoms with Crippen LogP contribution in [0.2, 0.25) is 0 Å². The van der Waals surface area contributed by atoms with Crippen molar-refractivity contribution in [1.82, 2.24) is 4.57 Å². The number of alkyl halides is 1. The molecular weight excluding hydrogens is 254 g/mol. The maximum atomic E-state index is 11.9. The number of rotatable bonds is 4. The number of hydrogen-bond donors (Lipinski definition) is 0. The molecule has 0 saturated carbocycles. The summed E-state index contributed by atoms with van der Waals surface area (Å²) in [7, 11) is 1.30. The Balaban J connectivity index is 3.61. The van der Waals surface area contributed by atoms with Gasteiger partial charge >= 0.3 is 5.97 Å². The maximum absolute atomic E-state index is 11.9. The van der Waals surface area contributed by atoms with Gasteiger partial charge in [-0.1, -0.05) is 0 Å². The van der Waals surface area contributed by atoms with E-state index in [1.807, 2.05) is 32.3 Å². The van der Waals surface area contributed by atoms with Crippen molar-refractivity contribution < 1.29 is 14.3 Å². The first-order valence-corrected chi connectivity index (χ1v) is 6.29. The molecule has 1 rings (SSSR count). The van der Waals surface area contributed by atoms with Crippen molar-refractivity contribution in [2.45, 2.75) is 33.7 Å². The highest BCUT2D eigenvalue weighted by Gasteiger charge is 2.28. The molecule has 0 N–H and O–H groups in total. The van der Waals surface area contributed by atoms with Gasteiger partial charge in [0.1, 0.15) is 0 Å². The third kappa shape index (κ3) is 2.29. The van der Waals surface area contributed by atoms with E-state index in [0.29, 0.717) is 11.1 Å². The topological polar surface area (TPSA) is 48.3 Å². The molecule has 0 unspecified atom stereocenters. The van der Waals surface area contributed by atoms with Crippen LogP contribution in [0.1, 0.15) is 52.0 Å². The van der Waals surface area contributed by atoms with Gasteiger partial charge in [-0.15, -0.1) is 11.6 Å². The lowest BCUT2D eigenvalue weighted by Gasteiger charge is -2.13. The molecule has 1 heterocycles. The largest absolute Gasteiger partial charge is 0.465 e. The molecule has 1 aromatic heterocycles. The monoisotopic (exact) mass is 271 g/mol. The zero-order chi connectivity index (χ0) is 14.0. The third-order valence-corrected chi connectivity index (χ3v) is 3.25. The fraction of sp³-hybridized carbons (Fsp3) is 0.538. The van der Waals surface area contributed by atoms with Gasteiger partial charge in [0.15, 0.2) is 5.78 Å². The van der Waals surface area contributed by atoms with E-state index in [4.69, 9.17) is 16.3 Å². The van der Waals surface area contributed by atoms with Gasteiger partial charge < -0.3 is 9.30 Å². The number of carbonyl (C=O) groups excluding carboxylic acids is 2. The molecular formula is C13H18ClNO3. The van der Waals surface area contributed by atoms with Crippen LogP contribution in [0, 0.1) is 13.8 Å². The predicted molar refractivity (Wildman–Crippen MR) is 70.7 cm³/mol. The second-order valence-corrected chi connectivity index (χ2v) is 4.70. The fourth-order valence-electron chi connectivity index (χ4n) is 2.39. The van der Waals surface area contributed by atoms with Crippen molar-refractivity contribution >= 4 is 23.4 Å². The highest BCUT2D eigenvalue weighted by atomic mass is 35.5. The van der Waals surface area contributed by atoms with Gasteiger partial charge in [-0.25, -0.2) is 4.79 Å². The Labute approximate surface area is 112 Å². The lowest BCUT2D eigenvalue weighted by Crippen LogP contribution is -2.11. The summed E-state index contributed by atoms with van der Waals surface area (Å²) in [6, 6.07) is 0.158. The van der Waals surface area contributed by atoms with E-state index in [1.54, 1.807) is 0 Å². The Morgan fingerprint density at radius 1 is 1.22 bits per heavy atom. The number of methoxy groups -OCH3 is 1. The van der Waals surface area contributed by atoms with E-state index < -0.39 is 5.97 Å². The Morgan fingerprint density at radius 2 is 1.72 bits per heavy atom. The minimum Gasteiger partial charge on any atom is -0.465 e. The van der Waals surface area contributed by atoms with Gasteiger partial charge in [0.05, 0.1) is 24.1 Å². The summed E-state index contributed by atoms with van der Waals surface area (Å²) in [5, 5.41) is 0. The van der Waals surface area contributed by atoms with Crippen LogP contribution in [0.4, 0.5) is 0 Å². The summed E-state index contributed by atoms with van der Waals surface area (Å²) in [5.74, 6) is -0.896. The zero-order valence-corrected chi connectivity index (χ0v) is 12.1.